The van der Waals surface area contributed by atoms with Gasteiger partial charge in [0.25, 0.3) is 0 Å². The highest BCUT2D eigenvalue weighted by Gasteiger charge is 2.57. The van der Waals surface area contributed by atoms with Gasteiger partial charge in [-0.3, -0.25) is 0 Å². The highest BCUT2D eigenvalue weighted by Crippen LogP contribution is 2.40. The van der Waals surface area contributed by atoms with Crippen molar-refractivity contribution in [2.75, 3.05) is 33.0 Å². The van der Waals surface area contributed by atoms with Gasteiger partial charge >= 0.3 is 23.9 Å². The number of unbranched alkanes of at least 4 members (excludes halogenated alkanes) is 2. The second-order valence-corrected chi connectivity index (χ2v) is 26.6. The molecule has 15 atom stereocenters. The van der Waals surface area contributed by atoms with Crippen LogP contribution in [-0.4, -0.2) is 137 Å². The molecule has 0 bridgehead atoms. The second kappa shape index (κ2) is 40.4. The van der Waals surface area contributed by atoms with E-state index in [-0.39, 0.29) is 68.5 Å². The van der Waals surface area contributed by atoms with E-state index in [4.69, 9.17) is 71.1 Å². The van der Waals surface area contributed by atoms with Crippen molar-refractivity contribution in [2.24, 2.45) is 11.8 Å². The summed E-state index contributed by atoms with van der Waals surface area (Å²) in [6, 6.07) is 81.9. The minimum Gasteiger partial charge on any atom is -0.459 e. The number of ether oxygens (including phenoxy) is 15. The van der Waals surface area contributed by atoms with Gasteiger partial charge in [0.05, 0.1) is 93.2 Å². The molecule has 0 N–H and O–H groups in total. The molecule has 0 amide bonds. The van der Waals surface area contributed by atoms with E-state index in [1.807, 2.05) is 159 Å². The normalized spacial score (nSPS) is 24.1. The van der Waals surface area contributed by atoms with Crippen molar-refractivity contribution in [3.8, 4) is 0 Å². The zero-order chi connectivity index (χ0) is 73.8. The maximum atomic E-state index is 14.9. The first-order valence-electron chi connectivity index (χ1n) is 36.7. The van der Waals surface area contributed by atoms with Gasteiger partial charge in [0, 0.05) is 12.5 Å². The van der Waals surface area contributed by atoms with Crippen LogP contribution in [0, 0.1) is 11.8 Å². The summed E-state index contributed by atoms with van der Waals surface area (Å²) in [5.41, 5.74) is 5.14. The van der Waals surface area contributed by atoms with E-state index in [9.17, 15) is 19.2 Å². The predicted octanol–water partition coefficient (Wildman–Crippen LogP) is 14.7. The van der Waals surface area contributed by atoms with Gasteiger partial charge in [0.1, 0.15) is 37.1 Å². The molecule has 19 heteroatoms. The second-order valence-electron chi connectivity index (χ2n) is 26.6. The Labute approximate surface area is 625 Å². The first-order chi connectivity index (χ1) is 52.6. The van der Waals surface area contributed by atoms with Crippen LogP contribution in [0.5, 0.6) is 0 Å². The summed E-state index contributed by atoms with van der Waals surface area (Å²) in [7, 11) is 0. The van der Waals surface area contributed by atoms with Crippen LogP contribution in [0.25, 0.3) is 0 Å². The van der Waals surface area contributed by atoms with E-state index in [0.29, 0.717) is 13.2 Å². The first-order valence-corrected chi connectivity index (χ1v) is 36.7. The molecule has 0 radical (unpaired) electrons. The number of rotatable bonds is 36. The molecule has 9 aromatic rings. The summed E-state index contributed by atoms with van der Waals surface area (Å²) in [4.78, 5) is 58.5. The van der Waals surface area contributed by atoms with E-state index in [2.05, 4.69) is 6.92 Å². The third-order valence-electron chi connectivity index (χ3n) is 18.9. The number of carbonyl (C=O) groups excluding carboxylic acids is 4. The lowest BCUT2D eigenvalue weighted by atomic mass is 9.89. The molecule has 9 aromatic carbocycles. The summed E-state index contributed by atoms with van der Waals surface area (Å²) in [5, 5.41) is 0. The molecule has 558 valence electrons. The topological polar surface area (TPSA) is 207 Å². The van der Waals surface area contributed by atoms with E-state index in [1.54, 1.807) is 121 Å². The van der Waals surface area contributed by atoms with Crippen LogP contribution >= 0.6 is 0 Å². The van der Waals surface area contributed by atoms with Crippen LogP contribution in [0.4, 0.5) is 0 Å². The van der Waals surface area contributed by atoms with Crippen LogP contribution < -0.4 is 0 Å². The molecule has 3 aliphatic heterocycles. The van der Waals surface area contributed by atoms with Crippen molar-refractivity contribution in [2.45, 2.75) is 146 Å². The number of hydrogen-bond donors (Lipinski definition) is 0. The van der Waals surface area contributed by atoms with E-state index >= 15 is 0 Å². The molecule has 19 nitrogen and oxygen atoms in total. The third kappa shape index (κ3) is 22.1. The fourth-order valence-corrected chi connectivity index (χ4v) is 13.2. The van der Waals surface area contributed by atoms with Gasteiger partial charge in [-0.25, -0.2) is 19.2 Å². The number of benzene rings is 9. The molecule has 0 spiro atoms. The molecule has 3 fully saturated rings. The summed E-state index contributed by atoms with van der Waals surface area (Å²) in [6.07, 6.45) is -13.3. The van der Waals surface area contributed by atoms with Gasteiger partial charge in [-0.2, -0.15) is 0 Å². The van der Waals surface area contributed by atoms with E-state index in [1.165, 1.54) is 0 Å². The minimum absolute atomic E-state index is 0.0541. The van der Waals surface area contributed by atoms with Crippen molar-refractivity contribution in [1.82, 2.24) is 0 Å². The molecule has 3 heterocycles. The largest absolute Gasteiger partial charge is 0.459 e. The van der Waals surface area contributed by atoms with E-state index in [0.717, 1.165) is 47.1 Å². The molecule has 3 aliphatic rings. The Hall–Kier alpha value is -9.58. The van der Waals surface area contributed by atoms with Crippen LogP contribution in [0.3, 0.4) is 0 Å². The lowest BCUT2D eigenvalue weighted by molar-refractivity contribution is -0.361. The SMILES string of the molecule is CCCCCO[C@H]1OC(COCc2ccccc2)[C@@H](OCc2ccccc2)[C@H](OCc2ccccc2)C1CO[C@@H]1OC(COCc2ccccc2)[C@@H](O[C@@H]2OC(COC(=O)c3ccccc3)[C@H](OC(=O)c3ccccc3)[C@H](OC(=O)c3ccccc3)C2OC(=O)c2ccccc2)[C@@H](OCc2ccccc2)C1C. The van der Waals surface area contributed by atoms with E-state index < -0.39 is 122 Å². The Morgan fingerprint density at radius 1 is 0.308 bits per heavy atom. The van der Waals surface area contributed by atoms with Crippen molar-refractivity contribution in [3.05, 3.63) is 323 Å². The minimum atomic E-state index is -1.77. The zero-order valence-electron chi connectivity index (χ0n) is 60.1. The molecule has 6 unspecified atom stereocenters. The Balaban J connectivity index is 0.936. The monoisotopic (exact) mass is 1450 g/mol. The van der Waals surface area contributed by atoms with Crippen LogP contribution in [0.1, 0.15) is 102 Å². The van der Waals surface area contributed by atoms with Gasteiger partial charge in [-0.15, -0.1) is 0 Å². The lowest BCUT2D eigenvalue weighted by Gasteiger charge is -2.50. The van der Waals surface area contributed by atoms with Crippen molar-refractivity contribution >= 4 is 23.9 Å². The fraction of sp³-hybridized carbons (Fsp3) is 0.341. The third-order valence-corrected chi connectivity index (χ3v) is 18.9. The zero-order valence-corrected chi connectivity index (χ0v) is 60.1. The van der Waals surface area contributed by atoms with Gasteiger partial charge in [-0.05, 0) is 82.8 Å². The maximum absolute atomic E-state index is 14.9. The summed E-state index contributed by atoms with van der Waals surface area (Å²) >= 11 is 0. The van der Waals surface area contributed by atoms with Gasteiger partial charge in [0.2, 0.25) is 0 Å². The van der Waals surface area contributed by atoms with Crippen molar-refractivity contribution in [3.63, 3.8) is 0 Å². The van der Waals surface area contributed by atoms with Gasteiger partial charge < -0.3 is 71.1 Å². The number of carbonyl (C=O) groups is 4. The van der Waals surface area contributed by atoms with Crippen LogP contribution in [-0.2, 0) is 104 Å². The first kappa shape index (κ1) is 77.0. The molecule has 0 aliphatic carbocycles. The predicted molar refractivity (Wildman–Crippen MR) is 396 cm³/mol. The van der Waals surface area contributed by atoms with Crippen molar-refractivity contribution in [1.29, 1.82) is 0 Å². The average Bonchev–Trinajstić information content (AvgIpc) is 0.770. The Morgan fingerprint density at radius 2 is 0.664 bits per heavy atom. The smallest absolute Gasteiger partial charge is 0.338 e. The number of esters is 4. The lowest BCUT2D eigenvalue weighted by Crippen LogP contribution is -2.66. The summed E-state index contributed by atoms with van der Waals surface area (Å²) in [5.74, 6) is -4.76. The Kier molecular flexibility index (Phi) is 29.1. The Morgan fingerprint density at radius 3 is 1.11 bits per heavy atom. The molecule has 107 heavy (non-hydrogen) atoms. The summed E-state index contributed by atoms with van der Waals surface area (Å²) in [6.45, 7) is 4.72. The highest BCUT2D eigenvalue weighted by molar-refractivity contribution is 5.91. The van der Waals surface area contributed by atoms with Crippen molar-refractivity contribution < 1.29 is 90.2 Å². The molecule has 3 saturated heterocycles. The number of hydrogen-bond acceptors (Lipinski definition) is 19. The molecule has 0 saturated carbocycles. The van der Waals surface area contributed by atoms with Crippen LogP contribution in [0.2, 0.25) is 0 Å². The highest BCUT2D eigenvalue weighted by atomic mass is 16.8. The maximum Gasteiger partial charge on any atom is 0.338 e. The molecule has 12 rings (SSSR count). The standard InChI is InChI=1S/C88H92O19/c1-3-4-32-51-95-87-71(76(97-55-65-39-20-8-21-40-65)77(98-56-66-41-22-9-23-42-66)72(102-87)58-93-52-62-33-14-5-15-34-62)57-100-86-61(2)75(96-54-64-37-18-7-19-38-64)78(73(101-86)59-94-53-63-35-16-6-17-36-63)107-88-81(106-85(92)70-49-30-13-31-50-70)80(105-84(91)69-47-28-12-29-48-69)79(104-83(90)68-45-26-11-27-46-68)74(103-88)60-99-82(89)67-43-24-10-25-44-67/h5-31,33-50,61,71-81,86-88H,3-4,32,51-60H2,1-2H3/t61?,71?,72?,73?,74?,75-,76+,77+,78+,79-,80-,81?,86+,87-,88-/m0/s1. The van der Waals surface area contributed by atoms with Gasteiger partial charge in [-0.1, -0.05) is 251 Å². The molecular weight excluding hydrogens is 1360 g/mol. The fourth-order valence-electron chi connectivity index (χ4n) is 13.2. The molecule has 0 aromatic heterocycles. The quantitative estimate of drug-likeness (QED) is 0.0203. The summed E-state index contributed by atoms with van der Waals surface area (Å²) < 4.78 is 103. The van der Waals surface area contributed by atoms with Gasteiger partial charge in [0.15, 0.2) is 37.2 Å². The average molecular weight is 1450 g/mol. The van der Waals surface area contributed by atoms with Crippen LogP contribution in [0.15, 0.2) is 273 Å². The molecular formula is C88H92O19. The Bertz CT molecular complexity index is 4080.